The van der Waals surface area contributed by atoms with E-state index in [1.54, 1.807) is 0 Å². The van der Waals surface area contributed by atoms with Crippen molar-refractivity contribution in [3.05, 3.63) is 35.4 Å². The fraction of sp³-hybridized carbons (Fsp3) is 0.500. The molecule has 0 radical (unpaired) electrons. The monoisotopic (exact) mass is 234 g/mol. The molecule has 0 saturated heterocycles. The summed E-state index contributed by atoms with van der Waals surface area (Å²) in [7, 11) is 0. The molecule has 94 valence electrons. The van der Waals surface area contributed by atoms with Crippen molar-refractivity contribution in [3.8, 4) is 0 Å². The van der Waals surface area contributed by atoms with Crippen LogP contribution in [0.2, 0.25) is 0 Å². The molecule has 1 aromatic carbocycles. The SMILES string of the molecule is Cc1ccccc1CCNC(=O)NCC(C)C. The van der Waals surface area contributed by atoms with E-state index in [4.69, 9.17) is 0 Å². The molecule has 0 aromatic heterocycles. The number of carbonyl (C=O) groups excluding carboxylic acids is 1. The van der Waals surface area contributed by atoms with Crippen LogP contribution in [0.15, 0.2) is 24.3 Å². The Balaban J connectivity index is 2.24. The summed E-state index contributed by atoms with van der Waals surface area (Å²) in [5.74, 6) is 0.483. The average Bonchev–Trinajstić information content (AvgIpc) is 2.29. The van der Waals surface area contributed by atoms with Gasteiger partial charge in [0.25, 0.3) is 0 Å². The number of carbonyl (C=O) groups is 1. The first kappa shape index (κ1) is 13.6. The largest absolute Gasteiger partial charge is 0.338 e. The van der Waals surface area contributed by atoms with Gasteiger partial charge in [-0.1, -0.05) is 38.1 Å². The van der Waals surface area contributed by atoms with Gasteiger partial charge in [-0.3, -0.25) is 0 Å². The minimum atomic E-state index is -0.0766. The molecule has 0 heterocycles. The van der Waals surface area contributed by atoms with Crippen LogP contribution < -0.4 is 10.6 Å². The van der Waals surface area contributed by atoms with Crippen molar-refractivity contribution in [2.45, 2.75) is 27.2 Å². The third-order valence-corrected chi connectivity index (χ3v) is 2.61. The van der Waals surface area contributed by atoms with Crippen LogP contribution in [0.4, 0.5) is 4.79 Å². The molecule has 3 heteroatoms. The molecule has 2 amide bonds. The Bertz CT molecular complexity index is 361. The van der Waals surface area contributed by atoms with Crippen molar-refractivity contribution in [1.82, 2.24) is 10.6 Å². The molecule has 1 aromatic rings. The number of benzene rings is 1. The minimum absolute atomic E-state index is 0.0766. The highest BCUT2D eigenvalue weighted by Crippen LogP contribution is 2.06. The summed E-state index contributed by atoms with van der Waals surface area (Å²) in [6.07, 6.45) is 0.877. The number of amides is 2. The molecular formula is C14H22N2O. The van der Waals surface area contributed by atoms with Gasteiger partial charge in [0.05, 0.1) is 0 Å². The predicted octanol–water partition coefficient (Wildman–Crippen LogP) is 2.49. The lowest BCUT2D eigenvalue weighted by atomic mass is 10.1. The number of rotatable bonds is 5. The lowest BCUT2D eigenvalue weighted by Gasteiger charge is -2.10. The maximum atomic E-state index is 11.4. The van der Waals surface area contributed by atoms with E-state index in [0.29, 0.717) is 12.5 Å². The van der Waals surface area contributed by atoms with Gasteiger partial charge in [-0.05, 0) is 30.4 Å². The molecule has 0 bridgehead atoms. The summed E-state index contributed by atoms with van der Waals surface area (Å²) in [6.45, 7) is 7.64. The minimum Gasteiger partial charge on any atom is -0.338 e. The van der Waals surface area contributed by atoms with Gasteiger partial charge in [-0.2, -0.15) is 0 Å². The van der Waals surface area contributed by atoms with Gasteiger partial charge in [0.2, 0.25) is 0 Å². The summed E-state index contributed by atoms with van der Waals surface area (Å²) in [4.78, 5) is 11.4. The van der Waals surface area contributed by atoms with Gasteiger partial charge in [0.1, 0.15) is 0 Å². The van der Waals surface area contributed by atoms with Crippen molar-refractivity contribution in [3.63, 3.8) is 0 Å². The van der Waals surface area contributed by atoms with Crippen LogP contribution in [0.5, 0.6) is 0 Å². The van der Waals surface area contributed by atoms with Crippen molar-refractivity contribution < 1.29 is 4.79 Å². The molecular weight excluding hydrogens is 212 g/mol. The van der Waals surface area contributed by atoms with E-state index in [9.17, 15) is 4.79 Å². The Morgan fingerprint density at radius 2 is 1.94 bits per heavy atom. The Morgan fingerprint density at radius 3 is 2.59 bits per heavy atom. The maximum absolute atomic E-state index is 11.4. The number of hydrogen-bond donors (Lipinski definition) is 2. The van der Waals surface area contributed by atoms with Crippen LogP contribution in [0.25, 0.3) is 0 Å². The smallest absolute Gasteiger partial charge is 0.314 e. The topological polar surface area (TPSA) is 41.1 Å². The summed E-state index contributed by atoms with van der Waals surface area (Å²) in [5.41, 5.74) is 2.56. The van der Waals surface area contributed by atoms with Crippen LogP contribution in [-0.2, 0) is 6.42 Å². The lowest BCUT2D eigenvalue weighted by Crippen LogP contribution is -2.38. The predicted molar refractivity (Wildman–Crippen MR) is 71.1 cm³/mol. The fourth-order valence-corrected chi connectivity index (χ4v) is 1.56. The van der Waals surface area contributed by atoms with E-state index in [-0.39, 0.29) is 6.03 Å². The molecule has 0 spiro atoms. The number of urea groups is 1. The second kappa shape index (κ2) is 6.94. The molecule has 0 fully saturated rings. The fourth-order valence-electron chi connectivity index (χ4n) is 1.56. The third kappa shape index (κ3) is 5.38. The highest BCUT2D eigenvalue weighted by atomic mass is 16.2. The van der Waals surface area contributed by atoms with Crippen LogP contribution in [0.1, 0.15) is 25.0 Å². The molecule has 0 saturated carbocycles. The summed E-state index contributed by atoms with van der Waals surface area (Å²) in [6, 6.07) is 8.17. The first-order chi connectivity index (χ1) is 8.09. The van der Waals surface area contributed by atoms with Gasteiger partial charge in [0, 0.05) is 13.1 Å². The van der Waals surface area contributed by atoms with Crippen LogP contribution in [0.3, 0.4) is 0 Å². The van der Waals surface area contributed by atoms with Crippen LogP contribution >= 0.6 is 0 Å². The Hall–Kier alpha value is -1.51. The van der Waals surface area contributed by atoms with Gasteiger partial charge >= 0.3 is 6.03 Å². The average molecular weight is 234 g/mol. The number of nitrogens with one attached hydrogen (secondary N) is 2. The molecule has 0 unspecified atom stereocenters. The van der Waals surface area contributed by atoms with Crippen molar-refractivity contribution in [2.24, 2.45) is 5.92 Å². The van der Waals surface area contributed by atoms with Gasteiger partial charge in [0.15, 0.2) is 0 Å². The van der Waals surface area contributed by atoms with E-state index in [0.717, 1.165) is 13.0 Å². The van der Waals surface area contributed by atoms with E-state index < -0.39 is 0 Å². The highest BCUT2D eigenvalue weighted by Gasteiger charge is 2.01. The number of hydrogen-bond acceptors (Lipinski definition) is 1. The summed E-state index contributed by atoms with van der Waals surface area (Å²) < 4.78 is 0. The quantitative estimate of drug-likeness (QED) is 0.807. The first-order valence-electron chi connectivity index (χ1n) is 6.16. The molecule has 0 aliphatic heterocycles. The van der Waals surface area contributed by atoms with Crippen molar-refractivity contribution in [1.29, 1.82) is 0 Å². The zero-order valence-electron chi connectivity index (χ0n) is 10.9. The van der Waals surface area contributed by atoms with E-state index in [1.807, 2.05) is 12.1 Å². The van der Waals surface area contributed by atoms with Gasteiger partial charge in [-0.15, -0.1) is 0 Å². The van der Waals surface area contributed by atoms with Gasteiger partial charge < -0.3 is 10.6 Å². The van der Waals surface area contributed by atoms with E-state index in [1.165, 1.54) is 11.1 Å². The standard InChI is InChI=1S/C14H22N2O/c1-11(2)10-16-14(17)15-9-8-13-7-5-4-6-12(13)3/h4-7,11H,8-10H2,1-3H3,(H2,15,16,17). The van der Waals surface area contributed by atoms with Crippen molar-refractivity contribution >= 4 is 6.03 Å². The normalized spacial score (nSPS) is 10.4. The Labute approximate surface area is 104 Å². The Kier molecular flexibility index (Phi) is 5.53. The van der Waals surface area contributed by atoms with Crippen LogP contribution in [0, 0.1) is 12.8 Å². The van der Waals surface area contributed by atoms with Gasteiger partial charge in [-0.25, -0.2) is 4.79 Å². The molecule has 0 atom stereocenters. The zero-order chi connectivity index (χ0) is 12.7. The molecule has 1 rings (SSSR count). The summed E-state index contributed by atoms with van der Waals surface area (Å²) in [5, 5.41) is 5.70. The molecule has 0 aliphatic carbocycles. The molecule has 0 aliphatic rings. The molecule has 17 heavy (non-hydrogen) atoms. The lowest BCUT2D eigenvalue weighted by molar-refractivity contribution is 0.239. The highest BCUT2D eigenvalue weighted by molar-refractivity contribution is 5.73. The second-order valence-electron chi connectivity index (χ2n) is 4.71. The second-order valence-corrected chi connectivity index (χ2v) is 4.71. The Morgan fingerprint density at radius 1 is 1.24 bits per heavy atom. The molecule has 3 nitrogen and oxygen atoms in total. The van der Waals surface area contributed by atoms with E-state index >= 15 is 0 Å². The maximum Gasteiger partial charge on any atom is 0.314 e. The third-order valence-electron chi connectivity index (χ3n) is 2.61. The zero-order valence-corrected chi connectivity index (χ0v) is 10.9. The first-order valence-corrected chi connectivity index (χ1v) is 6.16. The van der Waals surface area contributed by atoms with Crippen LogP contribution in [-0.4, -0.2) is 19.1 Å². The van der Waals surface area contributed by atoms with E-state index in [2.05, 4.69) is 43.5 Å². The van der Waals surface area contributed by atoms with Crippen molar-refractivity contribution in [2.75, 3.05) is 13.1 Å². The number of aryl methyl sites for hydroxylation is 1. The molecule has 2 N–H and O–H groups in total. The summed E-state index contributed by atoms with van der Waals surface area (Å²) >= 11 is 0.